The van der Waals surface area contributed by atoms with Crippen molar-refractivity contribution in [2.45, 2.75) is 31.7 Å². The Morgan fingerprint density at radius 2 is 2.05 bits per heavy atom. The minimum absolute atomic E-state index is 0.486. The van der Waals surface area contributed by atoms with Crippen molar-refractivity contribution in [3.8, 4) is 11.5 Å². The number of anilines is 1. The molecule has 0 bridgehead atoms. The first-order chi connectivity index (χ1) is 10.2. The summed E-state index contributed by atoms with van der Waals surface area (Å²) in [5.41, 5.74) is 8.42. The average Bonchev–Trinajstić information content (AvgIpc) is 3.15. The second-order valence-electron chi connectivity index (χ2n) is 5.64. The molecule has 1 aromatic carbocycles. The summed E-state index contributed by atoms with van der Waals surface area (Å²) in [5, 5.41) is 5.72. The van der Waals surface area contributed by atoms with E-state index in [1.807, 2.05) is 35.1 Å². The number of rotatable bonds is 2. The quantitative estimate of drug-likeness (QED) is 0.728. The number of aromatic nitrogens is 2. The Kier molecular flexibility index (Phi) is 3.03. The summed E-state index contributed by atoms with van der Waals surface area (Å²) in [7, 11) is 0. The van der Waals surface area contributed by atoms with Gasteiger partial charge in [0.15, 0.2) is 11.5 Å². The van der Waals surface area contributed by atoms with Gasteiger partial charge in [0.1, 0.15) is 5.58 Å². The summed E-state index contributed by atoms with van der Waals surface area (Å²) in [6.07, 6.45) is 6.87. The lowest BCUT2D eigenvalue weighted by molar-refractivity contribution is 0.467. The van der Waals surface area contributed by atoms with Crippen LogP contribution in [0.5, 0.6) is 0 Å². The van der Waals surface area contributed by atoms with E-state index >= 15 is 0 Å². The van der Waals surface area contributed by atoms with Crippen LogP contribution in [-0.2, 0) is 0 Å². The third-order valence-corrected chi connectivity index (χ3v) is 4.66. The van der Waals surface area contributed by atoms with Gasteiger partial charge in [0.2, 0.25) is 0 Å². The molecule has 108 valence electrons. The van der Waals surface area contributed by atoms with E-state index in [4.69, 9.17) is 10.2 Å². The SMILES string of the molecule is Nc1cn(C2CCCC2)nc1-c1cc2cc(Br)ccc2o1. The van der Waals surface area contributed by atoms with Crippen molar-refractivity contribution in [3.63, 3.8) is 0 Å². The molecule has 1 aliphatic rings. The van der Waals surface area contributed by atoms with Crippen molar-refractivity contribution in [1.82, 2.24) is 9.78 Å². The Morgan fingerprint density at radius 1 is 1.24 bits per heavy atom. The van der Waals surface area contributed by atoms with E-state index in [2.05, 4.69) is 21.0 Å². The molecule has 0 spiro atoms. The van der Waals surface area contributed by atoms with Gasteiger partial charge < -0.3 is 10.2 Å². The van der Waals surface area contributed by atoms with Crippen molar-refractivity contribution in [2.75, 3.05) is 5.73 Å². The molecule has 4 nitrogen and oxygen atoms in total. The number of benzene rings is 1. The van der Waals surface area contributed by atoms with E-state index in [0.717, 1.165) is 26.9 Å². The molecule has 1 saturated carbocycles. The fourth-order valence-corrected chi connectivity index (χ4v) is 3.46. The molecule has 5 heteroatoms. The van der Waals surface area contributed by atoms with Gasteiger partial charge in [-0.2, -0.15) is 5.10 Å². The molecular formula is C16H16BrN3O. The van der Waals surface area contributed by atoms with Crippen LogP contribution >= 0.6 is 15.9 Å². The lowest BCUT2D eigenvalue weighted by Gasteiger charge is -2.08. The van der Waals surface area contributed by atoms with Crippen LogP contribution < -0.4 is 5.73 Å². The first kappa shape index (κ1) is 13.0. The van der Waals surface area contributed by atoms with Crippen LogP contribution in [0.25, 0.3) is 22.4 Å². The molecule has 2 N–H and O–H groups in total. The maximum absolute atomic E-state index is 6.14. The number of furan rings is 1. The molecule has 0 radical (unpaired) electrons. The van der Waals surface area contributed by atoms with Crippen LogP contribution in [0.4, 0.5) is 5.69 Å². The fourth-order valence-electron chi connectivity index (χ4n) is 3.08. The Bertz CT molecular complexity index is 799. The average molecular weight is 346 g/mol. The smallest absolute Gasteiger partial charge is 0.157 e. The summed E-state index contributed by atoms with van der Waals surface area (Å²) < 4.78 is 8.94. The van der Waals surface area contributed by atoms with Crippen molar-refractivity contribution in [1.29, 1.82) is 0 Å². The van der Waals surface area contributed by atoms with Crippen LogP contribution in [-0.4, -0.2) is 9.78 Å². The molecule has 0 unspecified atom stereocenters. The van der Waals surface area contributed by atoms with Gasteiger partial charge in [-0.05, 0) is 37.1 Å². The van der Waals surface area contributed by atoms with Crippen molar-refractivity contribution < 1.29 is 4.42 Å². The lowest BCUT2D eigenvalue weighted by atomic mass is 10.2. The predicted molar refractivity (Wildman–Crippen MR) is 87.1 cm³/mol. The highest BCUT2D eigenvalue weighted by Crippen LogP contribution is 2.35. The number of nitrogens with two attached hydrogens (primary N) is 1. The molecule has 4 rings (SSSR count). The third-order valence-electron chi connectivity index (χ3n) is 4.17. The zero-order valence-corrected chi connectivity index (χ0v) is 13.1. The zero-order chi connectivity index (χ0) is 14.4. The topological polar surface area (TPSA) is 57.0 Å². The molecule has 0 atom stereocenters. The molecule has 1 fully saturated rings. The normalized spacial score (nSPS) is 16.0. The van der Waals surface area contributed by atoms with E-state index < -0.39 is 0 Å². The van der Waals surface area contributed by atoms with Crippen LogP contribution in [0, 0.1) is 0 Å². The highest BCUT2D eigenvalue weighted by Gasteiger charge is 2.21. The van der Waals surface area contributed by atoms with Crippen LogP contribution in [0.3, 0.4) is 0 Å². The van der Waals surface area contributed by atoms with E-state index in [1.165, 1.54) is 25.7 Å². The number of hydrogen-bond donors (Lipinski definition) is 1. The van der Waals surface area contributed by atoms with Crippen LogP contribution in [0.2, 0.25) is 0 Å². The van der Waals surface area contributed by atoms with Crippen molar-refractivity contribution in [2.24, 2.45) is 0 Å². The highest BCUT2D eigenvalue weighted by atomic mass is 79.9. The lowest BCUT2D eigenvalue weighted by Crippen LogP contribution is -2.04. The standard InChI is InChI=1S/C16H16BrN3O/c17-11-5-6-14-10(7-11)8-15(21-14)16-13(18)9-20(19-16)12-3-1-2-4-12/h5-9,12H,1-4,18H2. The third kappa shape index (κ3) is 2.25. The molecule has 2 aromatic heterocycles. The molecule has 0 amide bonds. The number of halogens is 1. The number of fused-ring (bicyclic) bond motifs is 1. The second-order valence-corrected chi connectivity index (χ2v) is 6.56. The van der Waals surface area contributed by atoms with E-state index in [1.54, 1.807) is 0 Å². The maximum Gasteiger partial charge on any atom is 0.157 e. The molecular weight excluding hydrogens is 330 g/mol. The molecule has 0 aliphatic heterocycles. The minimum atomic E-state index is 0.486. The van der Waals surface area contributed by atoms with Crippen LogP contribution in [0.1, 0.15) is 31.7 Å². The molecule has 3 aromatic rings. The second kappa shape index (κ2) is 4.91. The monoisotopic (exact) mass is 345 g/mol. The van der Waals surface area contributed by atoms with Gasteiger partial charge in [-0.1, -0.05) is 28.8 Å². The van der Waals surface area contributed by atoms with Gasteiger partial charge in [0.05, 0.1) is 11.7 Å². The van der Waals surface area contributed by atoms with Gasteiger partial charge in [0, 0.05) is 16.1 Å². The number of nitrogen functional groups attached to an aromatic ring is 1. The summed E-state index contributed by atoms with van der Waals surface area (Å²) in [6, 6.07) is 8.44. The first-order valence-corrected chi connectivity index (χ1v) is 8.04. The number of hydrogen-bond acceptors (Lipinski definition) is 3. The van der Waals surface area contributed by atoms with Gasteiger partial charge in [-0.25, -0.2) is 0 Å². The first-order valence-electron chi connectivity index (χ1n) is 7.25. The van der Waals surface area contributed by atoms with Crippen LogP contribution in [0.15, 0.2) is 39.4 Å². The van der Waals surface area contributed by atoms with Crippen molar-refractivity contribution in [3.05, 3.63) is 34.9 Å². The predicted octanol–water partition coefficient (Wildman–Crippen LogP) is 4.76. The van der Waals surface area contributed by atoms with Crippen molar-refractivity contribution >= 4 is 32.6 Å². The molecule has 0 saturated heterocycles. The fraction of sp³-hybridized carbons (Fsp3) is 0.312. The highest BCUT2D eigenvalue weighted by molar-refractivity contribution is 9.10. The molecule has 2 heterocycles. The van der Waals surface area contributed by atoms with E-state index in [9.17, 15) is 0 Å². The van der Waals surface area contributed by atoms with E-state index in [0.29, 0.717) is 11.7 Å². The summed E-state index contributed by atoms with van der Waals surface area (Å²) in [4.78, 5) is 0. The maximum atomic E-state index is 6.14. The summed E-state index contributed by atoms with van der Waals surface area (Å²) >= 11 is 3.48. The zero-order valence-electron chi connectivity index (χ0n) is 11.6. The molecule has 21 heavy (non-hydrogen) atoms. The number of nitrogens with zero attached hydrogens (tertiary/aromatic N) is 2. The Hall–Kier alpha value is -1.75. The van der Waals surface area contributed by atoms with Gasteiger partial charge in [0.25, 0.3) is 0 Å². The summed E-state index contributed by atoms with van der Waals surface area (Å²) in [5.74, 6) is 0.734. The largest absolute Gasteiger partial charge is 0.454 e. The summed E-state index contributed by atoms with van der Waals surface area (Å²) in [6.45, 7) is 0. The molecule has 1 aliphatic carbocycles. The van der Waals surface area contributed by atoms with Gasteiger partial charge in [-0.3, -0.25) is 4.68 Å². The van der Waals surface area contributed by atoms with E-state index in [-0.39, 0.29) is 0 Å². The Morgan fingerprint density at radius 3 is 2.86 bits per heavy atom. The van der Waals surface area contributed by atoms with Gasteiger partial charge >= 0.3 is 0 Å². The Balaban J connectivity index is 1.77. The van der Waals surface area contributed by atoms with Gasteiger partial charge in [-0.15, -0.1) is 0 Å². The Labute approximate surface area is 131 Å². The minimum Gasteiger partial charge on any atom is -0.454 e.